The van der Waals surface area contributed by atoms with E-state index in [1.54, 1.807) is 22.7 Å². The molecule has 2 unspecified atom stereocenters. The molecule has 0 fully saturated rings. The van der Waals surface area contributed by atoms with E-state index in [2.05, 4.69) is 63.7 Å². The Labute approximate surface area is 159 Å². The number of carbonyl (C=O) groups excluding carboxylic acids is 1. The number of rotatable bonds is 6. The minimum atomic E-state index is -0.102. The molecule has 2 aromatic heterocycles. The molecule has 2 rings (SSSR count). The molecule has 0 bridgehead atoms. The van der Waals surface area contributed by atoms with Crippen molar-refractivity contribution in [2.45, 2.75) is 11.8 Å². The van der Waals surface area contributed by atoms with Crippen LogP contribution < -0.4 is 0 Å². The van der Waals surface area contributed by atoms with Crippen LogP contribution in [0, 0.1) is 0 Å². The molecule has 0 radical (unpaired) electrons. The van der Waals surface area contributed by atoms with Crippen LogP contribution in [0.1, 0.15) is 21.6 Å². The Morgan fingerprint density at radius 1 is 0.900 bits per heavy atom. The molecule has 0 aliphatic rings. The van der Waals surface area contributed by atoms with E-state index in [4.69, 9.17) is 0 Å². The lowest BCUT2D eigenvalue weighted by atomic mass is 9.93. The third kappa shape index (κ3) is 4.04. The van der Waals surface area contributed by atoms with Gasteiger partial charge < -0.3 is 0 Å². The van der Waals surface area contributed by atoms with Gasteiger partial charge in [0, 0.05) is 20.4 Å². The van der Waals surface area contributed by atoms with E-state index in [1.165, 1.54) is 0 Å². The first-order valence-corrected chi connectivity index (χ1v) is 11.2. The number of alkyl halides is 2. The molecule has 1 nitrogen and oxygen atoms in total. The molecular formula is C13H10Br4OS2. The zero-order valence-corrected chi connectivity index (χ0v) is 18.1. The Kier molecular flexibility index (Phi) is 6.95. The van der Waals surface area contributed by atoms with Crippen molar-refractivity contribution in [1.82, 2.24) is 0 Å². The van der Waals surface area contributed by atoms with Crippen LogP contribution in [-0.4, -0.2) is 16.4 Å². The molecule has 0 aliphatic heterocycles. The Balaban J connectivity index is 2.26. The van der Waals surface area contributed by atoms with Crippen LogP contribution in [-0.2, 0) is 4.79 Å². The van der Waals surface area contributed by atoms with Crippen LogP contribution in [0.4, 0.5) is 0 Å². The summed E-state index contributed by atoms with van der Waals surface area (Å²) in [5.74, 6) is 0.0481. The van der Waals surface area contributed by atoms with E-state index in [9.17, 15) is 4.79 Å². The Bertz CT molecular complexity index is 542. The first-order chi connectivity index (χ1) is 9.56. The van der Waals surface area contributed by atoms with Gasteiger partial charge in [0.15, 0.2) is 5.78 Å². The fraction of sp³-hybridized carbons (Fsp3) is 0.308. The number of hydrogen-bond donors (Lipinski definition) is 0. The largest absolute Gasteiger partial charge is 0.298 e. The van der Waals surface area contributed by atoms with Crippen molar-refractivity contribution in [2.75, 3.05) is 10.7 Å². The van der Waals surface area contributed by atoms with Crippen LogP contribution >= 0.6 is 86.4 Å². The van der Waals surface area contributed by atoms with Crippen molar-refractivity contribution in [3.8, 4) is 0 Å². The zero-order valence-electron chi connectivity index (χ0n) is 10.1. The van der Waals surface area contributed by atoms with Crippen LogP contribution in [0.2, 0.25) is 0 Å². The maximum Gasteiger partial charge on any atom is 0.151 e. The number of ketones is 1. The van der Waals surface area contributed by atoms with Gasteiger partial charge in [-0.05, 0) is 56.1 Å². The Morgan fingerprint density at radius 3 is 1.55 bits per heavy atom. The van der Waals surface area contributed by atoms with E-state index < -0.39 is 0 Å². The second-order valence-corrected chi connectivity index (χ2v) is 10.4. The number of carbonyl (C=O) groups is 1. The summed E-state index contributed by atoms with van der Waals surface area (Å²) in [6, 6.07) is 8.03. The molecule has 7 heteroatoms. The molecule has 108 valence electrons. The molecule has 0 aromatic carbocycles. The molecular weight excluding hydrogens is 556 g/mol. The molecule has 2 atom stereocenters. The highest BCUT2D eigenvalue weighted by Gasteiger charge is 2.30. The predicted octanol–water partition coefficient (Wildman–Crippen LogP) is 6.56. The number of thiophene rings is 2. The first kappa shape index (κ1) is 17.3. The van der Waals surface area contributed by atoms with Crippen molar-refractivity contribution < 1.29 is 4.79 Å². The van der Waals surface area contributed by atoms with Gasteiger partial charge in [-0.25, -0.2) is 0 Å². The van der Waals surface area contributed by atoms with Gasteiger partial charge in [0.25, 0.3) is 0 Å². The summed E-state index contributed by atoms with van der Waals surface area (Å²) >= 11 is 17.1. The summed E-state index contributed by atoms with van der Waals surface area (Å²) in [4.78, 5) is 15.0. The molecule has 20 heavy (non-hydrogen) atoms. The Morgan fingerprint density at radius 2 is 1.30 bits per heavy atom. The normalized spacial score (nSPS) is 14.2. The predicted molar refractivity (Wildman–Crippen MR) is 102 cm³/mol. The zero-order chi connectivity index (χ0) is 14.7. The quantitative estimate of drug-likeness (QED) is 0.363. The van der Waals surface area contributed by atoms with Gasteiger partial charge in [-0.3, -0.25) is 4.79 Å². The highest BCUT2D eigenvalue weighted by Crippen LogP contribution is 2.37. The minimum absolute atomic E-state index is 0.102. The van der Waals surface area contributed by atoms with Crippen LogP contribution in [0.25, 0.3) is 0 Å². The lowest BCUT2D eigenvalue weighted by Crippen LogP contribution is -2.21. The van der Waals surface area contributed by atoms with Crippen LogP contribution in [0.3, 0.4) is 0 Å². The lowest BCUT2D eigenvalue weighted by molar-refractivity contribution is -0.120. The first-order valence-electron chi connectivity index (χ1n) is 5.73. The van der Waals surface area contributed by atoms with Gasteiger partial charge in [-0.15, -0.1) is 22.7 Å². The lowest BCUT2D eigenvalue weighted by Gasteiger charge is -2.17. The SMILES string of the molecule is O=C(C(CBr)c1ccc(Br)s1)C(CBr)c1ccc(Br)s1. The Hall–Kier alpha value is 0.990. The van der Waals surface area contributed by atoms with Crippen LogP contribution in [0.5, 0.6) is 0 Å². The van der Waals surface area contributed by atoms with Gasteiger partial charge in [0.1, 0.15) is 0 Å². The van der Waals surface area contributed by atoms with Crippen molar-refractivity contribution >= 4 is 92.2 Å². The summed E-state index contributed by atoms with van der Waals surface area (Å²) in [6.45, 7) is 0. The topological polar surface area (TPSA) is 17.1 Å². The second-order valence-electron chi connectivity index (χ2n) is 4.10. The summed E-state index contributed by atoms with van der Waals surface area (Å²) in [5.41, 5.74) is 0. The molecule has 0 N–H and O–H groups in total. The summed E-state index contributed by atoms with van der Waals surface area (Å²) < 4.78 is 2.11. The summed E-state index contributed by atoms with van der Waals surface area (Å²) in [5, 5.41) is 1.30. The molecule has 0 saturated carbocycles. The van der Waals surface area contributed by atoms with Gasteiger partial charge in [0.05, 0.1) is 19.4 Å². The van der Waals surface area contributed by atoms with Crippen molar-refractivity contribution in [3.63, 3.8) is 0 Å². The van der Waals surface area contributed by atoms with Crippen molar-refractivity contribution in [3.05, 3.63) is 41.6 Å². The third-order valence-electron chi connectivity index (χ3n) is 2.87. The van der Waals surface area contributed by atoms with Crippen LogP contribution in [0.15, 0.2) is 31.8 Å². The standard InChI is InChI=1S/C13H10Br4OS2/c14-5-7(9-1-3-11(16)19-9)13(18)8(6-15)10-2-4-12(17)20-10/h1-4,7-8H,5-6H2. The van der Waals surface area contributed by atoms with Gasteiger partial charge >= 0.3 is 0 Å². The maximum absolute atomic E-state index is 12.8. The summed E-state index contributed by atoms with van der Waals surface area (Å²) in [7, 11) is 0. The number of halogens is 4. The van der Waals surface area contributed by atoms with E-state index in [0.717, 1.165) is 17.3 Å². The number of Topliss-reactive ketones (excluding diaryl/α,β-unsaturated/α-hetero) is 1. The van der Waals surface area contributed by atoms with E-state index >= 15 is 0 Å². The average Bonchev–Trinajstić information content (AvgIpc) is 3.01. The summed E-state index contributed by atoms with van der Waals surface area (Å²) in [6.07, 6.45) is 0. The van der Waals surface area contributed by atoms with Gasteiger partial charge in [-0.2, -0.15) is 0 Å². The number of hydrogen-bond acceptors (Lipinski definition) is 3. The van der Waals surface area contributed by atoms with E-state index in [-0.39, 0.29) is 17.6 Å². The molecule has 2 heterocycles. The minimum Gasteiger partial charge on any atom is -0.298 e. The molecule has 0 aliphatic carbocycles. The van der Waals surface area contributed by atoms with E-state index in [0.29, 0.717) is 10.7 Å². The highest BCUT2D eigenvalue weighted by atomic mass is 79.9. The monoisotopic (exact) mass is 562 g/mol. The smallest absolute Gasteiger partial charge is 0.151 e. The fourth-order valence-electron chi connectivity index (χ4n) is 1.86. The molecule has 2 aromatic rings. The average molecular weight is 566 g/mol. The van der Waals surface area contributed by atoms with Crippen molar-refractivity contribution in [2.24, 2.45) is 0 Å². The molecule has 0 saturated heterocycles. The van der Waals surface area contributed by atoms with Gasteiger partial charge in [0.2, 0.25) is 0 Å². The third-order valence-corrected chi connectivity index (χ3v) is 7.64. The maximum atomic E-state index is 12.8. The highest BCUT2D eigenvalue weighted by molar-refractivity contribution is 9.11. The second kappa shape index (κ2) is 8.02. The molecule has 0 amide bonds. The fourth-order valence-corrected chi connectivity index (χ4v) is 6.69. The molecule has 0 spiro atoms. The van der Waals surface area contributed by atoms with Crippen molar-refractivity contribution in [1.29, 1.82) is 0 Å². The van der Waals surface area contributed by atoms with Gasteiger partial charge in [-0.1, -0.05) is 31.9 Å². The van der Waals surface area contributed by atoms with E-state index in [1.807, 2.05) is 24.3 Å².